The van der Waals surface area contributed by atoms with Crippen LogP contribution in [-0.2, 0) is 10.2 Å². The zero-order valence-electron chi connectivity index (χ0n) is 11.7. The third-order valence-corrected chi connectivity index (χ3v) is 4.87. The van der Waals surface area contributed by atoms with E-state index in [0.29, 0.717) is 25.6 Å². The molecule has 0 bridgehead atoms. The molecular formula is C12H28N2O2S. The lowest BCUT2D eigenvalue weighted by Crippen LogP contribution is -2.42. The summed E-state index contributed by atoms with van der Waals surface area (Å²) in [5.41, 5.74) is 0. The topological polar surface area (TPSA) is 49.4 Å². The molecule has 0 aliphatic heterocycles. The van der Waals surface area contributed by atoms with E-state index in [-0.39, 0.29) is 0 Å². The van der Waals surface area contributed by atoms with Gasteiger partial charge in [-0.1, -0.05) is 47.0 Å². The zero-order chi connectivity index (χ0) is 13.3. The first kappa shape index (κ1) is 16.9. The summed E-state index contributed by atoms with van der Waals surface area (Å²) < 4.78 is 28.0. The molecule has 5 heteroatoms. The normalized spacial score (nSPS) is 14.2. The molecule has 0 aliphatic carbocycles. The van der Waals surface area contributed by atoms with Crippen LogP contribution in [0.1, 0.15) is 53.4 Å². The van der Waals surface area contributed by atoms with Gasteiger partial charge in [0.15, 0.2) is 0 Å². The van der Waals surface area contributed by atoms with Crippen molar-refractivity contribution in [3.8, 4) is 0 Å². The Bertz CT molecular complexity index is 274. The van der Waals surface area contributed by atoms with E-state index in [2.05, 4.69) is 18.6 Å². The van der Waals surface area contributed by atoms with Gasteiger partial charge in [-0.25, -0.2) is 4.72 Å². The van der Waals surface area contributed by atoms with Crippen molar-refractivity contribution >= 4 is 10.2 Å². The number of nitrogens with zero attached hydrogens (tertiary/aromatic N) is 1. The molecule has 17 heavy (non-hydrogen) atoms. The summed E-state index contributed by atoms with van der Waals surface area (Å²) in [5.74, 6) is 0.459. The Morgan fingerprint density at radius 1 is 1.12 bits per heavy atom. The molecule has 0 heterocycles. The Balaban J connectivity index is 4.23. The summed E-state index contributed by atoms with van der Waals surface area (Å²) in [5, 5.41) is 0. The first-order valence-corrected chi connectivity index (χ1v) is 8.20. The summed E-state index contributed by atoms with van der Waals surface area (Å²) in [4.78, 5) is 0. The molecule has 104 valence electrons. The highest BCUT2D eigenvalue weighted by Crippen LogP contribution is 2.12. The van der Waals surface area contributed by atoms with Gasteiger partial charge in [-0.05, 0) is 12.3 Å². The van der Waals surface area contributed by atoms with Crippen LogP contribution >= 0.6 is 0 Å². The predicted molar refractivity (Wildman–Crippen MR) is 73.1 cm³/mol. The van der Waals surface area contributed by atoms with Gasteiger partial charge in [0, 0.05) is 19.6 Å². The van der Waals surface area contributed by atoms with E-state index in [1.165, 1.54) is 17.1 Å². The monoisotopic (exact) mass is 264 g/mol. The van der Waals surface area contributed by atoms with Crippen LogP contribution in [0.5, 0.6) is 0 Å². The van der Waals surface area contributed by atoms with Crippen LogP contribution in [0.3, 0.4) is 0 Å². The molecular weight excluding hydrogens is 236 g/mol. The van der Waals surface area contributed by atoms with Crippen molar-refractivity contribution in [3.63, 3.8) is 0 Å². The van der Waals surface area contributed by atoms with Crippen molar-refractivity contribution in [2.24, 2.45) is 5.92 Å². The molecule has 4 nitrogen and oxygen atoms in total. The fourth-order valence-electron chi connectivity index (χ4n) is 1.82. The minimum absolute atomic E-state index is 0.459. The summed E-state index contributed by atoms with van der Waals surface area (Å²) in [6, 6.07) is 0. The summed E-state index contributed by atoms with van der Waals surface area (Å²) in [7, 11) is -3.27. The first-order valence-electron chi connectivity index (χ1n) is 6.76. The molecule has 0 fully saturated rings. The Labute approximate surface area is 107 Å². The number of hydrogen-bond acceptors (Lipinski definition) is 2. The van der Waals surface area contributed by atoms with E-state index in [1.54, 1.807) is 0 Å². The molecule has 0 radical (unpaired) electrons. The summed E-state index contributed by atoms with van der Waals surface area (Å²) in [6.45, 7) is 9.61. The van der Waals surface area contributed by atoms with Crippen molar-refractivity contribution < 1.29 is 8.42 Å². The lowest BCUT2D eigenvalue weighted by molar-refractivity contribution is 0.409. The average molecular weight is 264 g/mol. The molecule has 1 atom stereocenters. The number of unbranched alkanes of at least 4 members (excludes halogenated alkanes) is 1. The molecule has 0 aromatic carbocycles. The quantitative estimate of drug-likeness (QED) is 0.658. The van der Waals surface area contributed by atoms with Crippen LogP contribution in [0.2, 0.25) is 0 Å². The fraction of sp³-hybridized carbons (Fsp3) is 1.00. The smallest absolute Gasteiger partial charge is 0.202 e. The Hall–Kier alpha value is -0.130. The summed E-state index contributed by atoms with van der Waals surface area (Å²) in [6.07, 6.45) is 4.47. The van der Waals surface area contributed by atoms with E-state index >= 15 is 0 Å². The molecule has 0 spiro atoms. The second kappa shape index (κ2) is 8.89. The van der Waals surface area contributed by atoms with E-state index in [1.807, 2.05) is 13.8 Å². The van der Waals surface area contributed by atoms with Crippen LogP contribution in [0, 0.1) is 5.92 Å². The Kier molecular flexibility index (Phi) is 8.82. The van der Waals surface area contributed by atoms with Crippen LogP contribution in [0.25, 0.3) is 0 Å². The molecule has 0 saturated heterocycles. The average Bonchev–Trinajstić information content (AvgIpc) is 2.30. The maximum absolute atomic E-state index is 11.9. The molecule has 0 aromatic heterocycles. The molecule has 0 aromatic rings. The third kappa shape index (κ3) is 6.38. The van der Waals surface area contributed by atoms with E-state index < -0.39 is 10.2 Å². The van der Waals surface area contributed by atoms with Gasteiger partial charge in [0.2, 0.25) is 0 Å². The molecule has 0 amide bonds. The van der Waals surface area contributed by atoms with Gasteiger partial charge in [0.05, 0.1) is 0 Å². The standard InChI is InChI=1S/C12H28N2O2S/c1-5-9-10-12(6-2)11-13-17(15,16)14(7-3)8-4/h12-13H,5-11H2,1-4H3. The maximum atomic E-state index is 11.9. The van der Waals surface area contributed by atoms with Crippen LogP contribution < -0.4 is 4.72 Å². The minimum Gasteiger partial charge on any atom is -0.202 e. The first-order chi connectivity index (χ1) is 8.01. The Morgan fingerprint density at radius 3 is 2.12 bits per heavy atom. The second-order valence-electron chi connectivity index (χ2n) is 4.35. The van der Waals surface area contributed by atoms with Crippen LogP contribution in [-0.4, -0.2) is 32.4 Å². The third-order valence-electron chi connectivity index (χ3n) is 3.14. The zero-order valence-corrected chi connectivity index (χ0v) is 12.5. The van der Waals surface area contributed by atoms with E-state index in [9.17, 15) is 8.42 Å². The van der Waals surface area contributed by atoms with Crippen LogP contribution in [0.15, 0.2) is 0 Å². The predicted octanol–water partition coefficient (Wildman–Crippen LogP) is 2.38. The van der Waals surface area contributed by atoms with Gasteiger partial charge < -0.3 is 0 Å². The molecule has 0 rings (SSSR count). The highest BCUT2D eigenvalue weighted by molar-refractivity contribution is 7.87. The van der Waals surface area contributed by atoms with Crippen molar-refractivity contribution in [2.45, 2.75) is 53.4 Å². The molecule has 0 saturated carbocycles. The van der Waals surface area contributed by atoms with Gasteiger partial charge in [-0.15, -0.1) is 0 Å². The van der Waals surface area contributed by atoms with Crippen molar-refractivity contribution in [3.05, 3.63) is 0 Å². The SMILES string of the molecule is CCCCC(CC)CNS(=O)(=O)N(CC)CC. The minimum atomic E-state index is -3.27. The van der Waals surface area contributed by atoms with Gasteiger partial charge in [0.25, 0.3) is 10.2 Å². The number of rotatable bonds is 10. The number of nitrogens with one attached hydrogen (secondary N) is 1. The largest absolute Gasteiger partial charge is 0.279 e. The van der Waals surface area contributed by atoms with Crippen LogP contribution in [0.4, 0.5) is 0 Å². The molecule has 1 N–H and O–H groups in total. The van der Waals surface area contributed by atoms with E-state index in [0.717, 1.165) is 12.8 Å². The van der Waals surface area contributed by atoms with Gasteiger partial charge in [-0.2, -0.15) is 12.7 Å². The number of hydrogen-bond donors (Lipinski definition) is 1. The van der Waals surface area contributed by atoms with Gasteiger partial charge in [-0.3, -0.25) is 0 Å². The summed E-state index contributed by atoms with van der Waals surface area (Å²) >= 11 is 0. The maximum Gasteiger partial charge on any atom is 0.279 e. The van der Waals surface area contributed by atoms with Gasteiger partial charge in [0.1, 0.15) is 0 Å². The molecule has 1 unspecified atom stereocenters. The lowest BCUT2D eigenvalue weighted by Gasteiger charge is -2.21. The van der Waals surface area contributed by atoms with Crippen molar-refractivity contribution in [1.82, 2.24) is 9.03 Å². The highest BCUT2D eigenvalue weighted by Gasteiger charge is 2.19. The fourth-order valence-corrected chi connectivity index (χ4v) is 3.13. The second-order valence-corrected chi connectivity index (χ2v) is 6.11. The lowest BCUT2D eigenvalue weighted by atomic mass is 10.00. The molecule has 0 aliphatic rings. The van der Waals surface area contributed by atoms with Crippen molar-refractivity contribution in [1.29, 1.82) is 0 Å². The highest BCUT2D eigenvalue weighted by atomic mass is 32.2. The van der Waals surface area contributed by atoms with Gasteiger partial charge >= 0.3 is 0 Å². The van der Waals surface area contributed by atoms with E-state index in [4.69, 9.17) is 0 Å². The van der Waals surface area contributed by atoms with Crippen molar-refractivity contribution in [2.75, 3.05) is 19.6 Å². The Morgan fingerprint density at radius 2 is 1.71 bits per heavy atom.